The molecule has 8 heteroatoms. The van der Waals surface area contributed by atoms with Crippen LogP contribution in [-0.2, 0) is 4.79 Å². The average Bonchev–Trinajstić information content (AvgIpc) is 2.35. The minimum Gasteiger partial charge on any atom is -0.493 e. The molecule has 0 atom stereocenters. The van der Waals surface area contributed by atoms with Crippen LogP contribution in [0.2, 0.25) is 0 Å². The lowest BCUT2D eigenvalue weighted by Crippen LogP contribution is -2.22. The quantitative estimate of drug-likeness (QED) is 0.856. The number of nitrogens with one attached hydrogen (secondary N) is 1. The fourth-order valence-corrected chi connectivity index (χ4v) is 1.24. The van der Waals surface area contributed by atoms with E-state index in [1.807, 2.05) is 0 Å². The Morgan fingerprint density at radius 2 is 2.05 bits per heavy atom. The van der Waals surface area contributed by atoms with Gasteiger partial charge in [-0.15, -0.1) is 0 Å². The predicted molar refractivity (Wildman–Crippen MR) is 62.2 cm³/mol. The molecule has 0 bridgehead atoms. The number of ether oxygens (including phenoxy) is 2. The second-order valence-electron chi connectivity index (χ2n) is 3.52. The summed E-state index contributed by atoms with van der Waals surface area (Å²) < 4.78 is 45.8. The molecule has 0 unspecified atom stereocenters. The fourth-order valence-electron chi connectivity index (χ4n) is 1.24. The fraction of sp³-hybridized carbons (Fsp3) is 0.364. The third-order valence-electron chi connectivity index (χ3n) is 2.02. The van der Waals surface area contributed by atoms with E-state index in [-0.39, 0.29) is 23.7 Å². The summed E-state index contributed by atoms with van der Waals surface area (Å²) in [5, 5.41) is 2.40. The lowest BCUT2D eigenvalue weighted by atomic mass is 10.2. The molecule has 1 aromatic carbocycles. The molecular formula is C11H13F3N2O3. The van der Waals surface area contributed by atoms with Crippen LogP contribution >= 0.6 is 0 Å². The average molecular weight is 278 g/mol. The summed E-state index contributed by atoms with van der Waals surface area (Å²) in [6.07, 6.45) is -4.46. The molecule has 0 aliphatic carbocycles. The molecule has 0 heterocycles. The Balaban J connectivity index is 2.86. The minimum absolute atomic E-state index is 0.116. The van der Waals surface area contributed by atoms with Gasteiger partial charge in [0, 0.05) is 11.8 Å². The number of alkyl halides is 3. The van der Waals surface area contributed by atoms with Gasteiger partial charge in [-0.1, -0.05) is 0 Å². The van der Waals surface area contributed by atoms with Gasteiger partial charge >= 0.3 is 6.18 Å². The van der Waals surface area contributed by atoms with Crippen molar-refractivity contribution < 1.29 is 27.4 Å². The molecule has 0 radical (unpaired) electrons. The van der Waals surface area contributed by atoms with Crippen molar-refractivity contribution in [3.63, 3.8) is 0 Å². The Labute approximate surface area is 107 Å². The van der Waals surface area contributed by atoms with Gasteiger partial charge in [0.25, 0.3) is 0 Å². The molecule has 0 aromatic heterocycles. The van der Waals surface area contributed by atoms with E-state index >= 15 is 0 Å². The lowest BCUT2D eigenvalue weighted by Gasteiger charge is -2.14. The highest BCUT2D eigenvalue weighted by Gasteiger charge is 2.29. The van der Waals surface area contributed by atoms with Crippen LogP contribution < -0.4 is 20.5 Å². The number of methoxy groups -OCH3 is 1. The van der Waals surface area contributed by atoms with Crippen LogP contribution in [0.5, 0.6) is 11.5 Å². The summed E-state index contributed by atoms with van der Waals surface area (Å²) in [6.45, 7) is -1.68. The molecule has 5 nitrogen and oxygen atoms in total. The van der Waals surface area contributed by atoms with E-state index in [0.717, 1.165) is 0 Å². The van der Waals surface area contributed by atoms with Crippen molar-refractivity contribution in [2.45, 2.75) is 6.18 Å². The van der Waals surface area contributed by atoms with Crippen molar-refractivity contribution in [2.75, 3.05) is 25.6 Å². The highest BCUT2D eigenvalue weighted by atomic mass is 19.4. The van der Waals surface area contributed by atoms with Crippen molar-refractivity contribution in [3.8, 4) is 11.5 Å². The van der Waals surface area contributed by atoms with E-state index in [1.165, 1.54) is 25.3 Å². The molecule has 0 spiro atoms. The maximum atomic E-state index is 12.1. The standard InChI is InChI=1S/C11H13F3N2O3/c1-18-8-3-2-7(16-10(17)5-15)4-9(8)19-6-11(12,13)14/h2-4H,5-6,15H2,1H3,(H,16,17). The number of carbonyl (C=O) groups is 1. The molecule has 0 aliphatic heterocycles. The Morgan fingerprint density at radius 3 is 2.58 bits per heavy atom. The molecular weight excluding hydrogens is 265 g/mol. The van der Waals surface area contributed by atoms with Crippen molar-refractivity contribution >= 4 is 11.6 Å². The minimum atomic E-state index is -4.46. The van der Waals surface area contributed by atoms with Crippen molar-refractivity contribution in [1.82, 2.24) is 0 Å². The summed E-state index contributed by atoms with van der Waals surface area (Å²) >= 11 is 0. The van der Waals surface area contributed by atoms with E-state index < -0.39 is 18.7 Å². The largest absolute Gasteiger partial charge is 0.493 e. The van der Waals surface area contributed by atoms with Gasteiger partial charge in [0.15, 0.2) is 18.1 Å². The third kappa shape index (κ3) is 5.04. The zero-order chi connectivity index (χ0) is 14.5. The van der Waals surface area contributed by atoms with Crippen molar-refractivity contribution in [2.24, 2.45) is 5.73 Å². The monoisotopic (exact) mass is 278 g/mol. The highest BCUT2D eigenvalue weighted by molar-refractivity contribution is 5.92. The zero-order valence-electron chi connectivity index (χ0n) is 10.1. The lowest BCUT2D eigenvalue weighted by molar-refractivity contribution is -0.153. The van der Waals surface area contributed by atoms with E-state index in [1.54, 1.807) is 0 Å². The van der Waals surface area contributed by atoms with E-state index in [9.17, 15) is 18.0 Å². The number of rotatable bonds is 5. The second-order valence-corrected chi connectivity index (χ2v) is 3.52. The first kappa shape index (κ1) is 15.1. The molecule has 1 amide bonds. The van der Waals surface area contributed by atoms with Crippen LogP contribution in [0.3, 0.4) is 0 Å². The molecule has 19 heavy (non-hydrogen) atoms. The molecule has 0 fully saturated rings. The number of carbonyl (C=O) groups excluding carboxylic acids is 1. The van der Waals surface area contributed by atoms with Crippen molar-refractivity contribution in [3.05, 3.63) is 18.2 Å². The molecule has 0 saturated heterocycles. The highest BCUT2D eigenvalue weighted by Crippen LogP contribution is 2.31. The number of hydrogen-bond donors (Lipinski definition) is 2. The van der Waals surface area contributed by atoms with Crippen LogP contribution in [-0.4, -0.2) is 32.3 Å². The number of halogens is 3. The smallest absolute Gasteiger partial charge is 0.422 e. The van der Waals surface area contributed by atoms with Gasteiger partial charge < -0.3 is 20.5 Å². The van der Waals surface area contributed by atoms with Crippen LogP contribution in [0.4, 0.5) is 18.9 Å². The van der Waals surface area contributed by atoms with Gasteiger partial charge in [0.2, 0.25) is 5.91 Å². The number of hydrogen-bond acceptors (Lipinski definition) is 4. The van der Waals surface area contributed by atoms with Crippen LogP contribution in [0.1, 0.15) is 0 Å². The summed E-state index contributed by atoms with van der Waals surface area (Å²) in [4.78, 5) is 11.1. The number of nitrogens with two attached hydrogens (primary N) is 1. The second kappa shape index (κ2) is 6.28. The first-order valence-corrected chi connectivity index (χ1v) is 5.23. The van der Waals surface area contributed by atoms with Crippen LogP contribution in [0.15, 0.2) is 18.2 Å². The predicted octanol–water partition coefficient (Wildman–Crippen LogP) is 1.53. The number of amides is 1. The molecule has 1 aromatic rings. The van der Waals surface area contributed by atoms with E-state index in [0.29, 0.717) is 0 Å². The van der Waals surface area contributed by atoms with E-state index in [2.05, 4.69) is 10.1 Å². The summed E-state index contributed by atoms with van der Waals surface area (Å²) in [6, 6.07) is 4.09. The Hall–Kier alpha value is -1.96. The first-order valence-electron chi connectivity index (χ1n) is 5.23. The first-order chi connectivity index (χ1) is 8.85. The van der Waals surface area contributed by atoms with Gasteiger partial charge in [-0.25, -0.2) is 0 Å². The Morgan fingerprint density at radius 1 is 1.37 bits per heavy atom. The molecule has 0 aliphatic rings. The zero-order valence-corrected chi connectivity index (χ0v) is 10.1. The molecule has 3 N–H and O–H groups in total. The van der Waals surface area contributed by atoms with E-state index in [4.69, 9.17) is 10.5 Å². The molecule has 0 saturated carbocycles. The third-order valence-corrected chi connectivity index (χ3v) is 2.02. The Bertz CT molecular complexity index is 449. The topological polar surface area (TPSA) is 73.6 Å². The molecule has 106 valence electrons. The normalized spacial score (nSPS) is 11.0. The SMILES string of the molecule is COc1ccc(NC(=O)CN)cc1OCC(F)(F)F. The maximum Gasteiger partial charge on any atom is 0.422 e. The van der Waals surface area contributed by atoms with Gasteiger partial charge in [0.05, 0.1) is 13.7 Å². The van der Waals surface area contributed by atoms with Gasteiger partial charge in [-0.3, -0.25) is 4.79 Å². The number of anilines is 1. The summed E-state index contributed by atoms with van der Waals surface area (Å²) in [5.74, 6) is -0.448. The molecule has 1 rings (SSSR count). The van der Waals surface area contributed by atoms with Gasteiger partial charge in [-0.05, 0) is 12.1 Å². The Kier molecular flexibility index (Phi) is 4.99. The van der Waals surface area contributed by atoms with Crippen molar-refractivity contribution in [1.29, 1.82) is 0 Å². The summed E-state index contributed by atoms with van der Waals surface area (Å²) in [7, 11) is 1.30. The van der Waals surface area contributed by atoms with Gasteiger partial charge in [0.1, 0.15) is 0 Å². The van der Waals surface area contributed by atoms with Crippen LogP contribution in [0, 0.1) is 0 Å². The van der Waals surface area contributed by atoms with Gasteiger partial charge in [-0.2, -0.15) is 13.2 Å². The number of benzene rings is 1. The maximum absolute atomic E-state index is 12.1. The van der Waals surface area contributed by atoms with Crippen LogP contribution in [0.25, 0.3) is 0 Å². The summed E-state index contributed by atoms with van der Waals surface area (Å²) in [5.41, 5.74) is 5.38.